The number of methoxy groups -OCH3 is 2. The topological polar surface area (TPSA) is 94.1 Å². The second-order valence-electron chi connectivity index (χ2n) is 8.57. The van der Waals surface area contributed by atoms with Crippen LogP contribution >= 0.6 is 0 Å². The second-order valence-corrected chi connectivity index (χ2v) is 8.57. The molecule has 178 valence electrons. The first kappa shape index (κ1) is 24.6. The van der Waals surface area contributed by atoms with E-state index in [2.05, 4.69) is 11.4 Å². The lowest BCUT2D eigenvalue weighted by atomic mass is 9.89. The van der Waals surface area contributed by atoms with Crippen molar-refractivity contribution in [3.8, 4) is 11.5 Å². The fourth-order valence-electron chi connectivity index (χ4n) is 4.26. The predicted molar refractivity (Wildman–Crippen MR) is 125 cm³/mol. The Kier molecular flexibility index (Phi) is 8.33. The fraction of sp³-hybridized carbons (Fsp3) is 0.462. The van der Waals surface area contributed by atoms with E-state index in [1.807, 2.05) is 25.1 Å². The van der Waals surface area contributed by atoms with Crippen LogP contribution in [0.3, 0.4) is 0 Å². The monoisotopic (exact) mass is 455 g/mol. The van der Waals surface area contributed by atoms with Gasteiger partial charge in [0, 0.05) is 12.0 Å². The minimum absolute atomic E-state index is 0.322. The van der Waals surface area contributed by atoms with Gasteiger partial charge in [0.1, 0.15) is 5.54 Å². The minimum atomic E-state index is -1.16. The number of benzene rings is 2. The predicted octanol–water partition coefficient (Wildman–Crippen LogP) is 3.59. The van der Waals surface area contributed by atoms with Crippen LogP contribution in [-0.2, 0) is 16.0 Å². The van der Waals surface area contributed by atoms with Crippen molar-refractivity contribution >= 4 is 11.9 Å². The molecule has 2 aromatic rings. The first-order valence-electron chi connectivity index (χ1n) is 11.3. The highest BCUT2D eigenvalue weighted by Crippen LogP contribution is 2.31. The summed E-state index contributed by atoms with van der Waals surface area (Å²) >= 11 is 0. The number of esters is 1. The molecule has 33 heavy (non-hydrogen) atoms. The number of carbonyl (C=O) groups is 2. The van der Waals surface area contributed by atoms with E-state index in [4.69, 9.17) is 14.2 Å². The Morgan fingerprint density at radius 3 is 2.64 bits per heavy atom. The fourth-order valence-corrected chi connectivity index (χ4v) is 4.26. The SMILES string of the molecule is COC(=O)C1(NC(=O)c2ccc(OC)c(OCCc3cccc(C)c3)c2)CCCC(O)CC1. The summed E-state index contributed by atoms with van der Waals surface area (Å²) in [5.74, 6) is 0.0911. The molecule has 2 atom stereocenters. The number of aliphatic hydroxyl groups excluding tert-OH is 1. The number of rotatable bonds is 8. The Bertz CT molecular complexity index is 975. The van der Waals surface area contributed by atoms with Crippen LogP contribution in [0.5, 0.6) is 11.5 Å². The summed E-state index contributed by atoms with van der Waals surface area (Å²) in [5.41, 5.74) is 1.55. The van der Waals surface area contributed by atoms with Crippen molar-refractivity contribution < 1.29 is 28.9 Å². The van der Waals surface area contributed by atoms with Crippen LogP contribution < -0.4 is 14.8 Å². The lowest BCUT2D eigenvalue weighted by molar-refractivity contribution is -0.149. The molecular formula is C26H33NO6. The van der Waals surface area contributed by atoms with Gasteiger partial charge in [-0.15, -0.1) is 0 Å². The molecule has 0 spiro atoms. The van der Waals surface area contributed by atoms with Gasteiger partial charge in [0.2, 0.25) is 0 Å². The van der Waals surface area contributed by atoms with E-state index in [1.54, 1.807) is 25.3 Å². The molecule has 1 fully saturated rings. The summed E-state index contributed by atoms with van der Waals surface area (Å²) in [6.45, 7) is 2.47. The van der Waals surface area contributed by atoms with Gasteiger partial charge in [-0.2, -0.15) is 0 Å². The lowest BCUT2D eigenvalue weighted by Gasteiger charge is -2.31. The van der Waals surface area contributed by atoms with Gasteiger partial charge in [-0.1, -0.05) is 29.8 Å². The zero-order valence-corrected chi connectivity index (χ0v) is 19.6. The third-order valence-electron chi connectivity index (χ3n) is 6.13. The number of ether oxygens (including phenoxy) is 3. The quantitative estimate of drug-likeness (QED) is 0.467. The van der Waals surface area contributed by atoms with Gasteiger partial charge in [0.05, 0.1) is 26.9 Å². The highest BCUT2D eigenvalue weighted by Gasteiger charge is 2.42. The molecule has 1 amide bonds. The molecule has 0 radical (unpaired) electrons. The average molecular weight is 456 g/mol. The van der Waals surface area contributed by atoms with Gasteiger partial charge < -0.3 is 24.6 Å². The van der Waals surface area contributed by atoms with Gasteiger partial charge in [-0.3, -0.25) is 4.79 Å². The molecule has 2 N–H and O–H groups in total. The van der Waals surface area contributed by atoms with E-state index in [0.717, 1.165) is 6.42 Å². The summed E-state index contributed by atoms with van der Waals surface area (Å²) < 4.78 is 16.4. The summed E-state index contributed by atoms with van der Waals surface area (Å²) in [5, 5.41) is 12.9. The average Bonchev–Trinajstić information content (AvgIpc) is 3.00. The van der Waals surface area contributed by atoms with Crippen LogP contribution in [0.1, 0.15) is 53.6 Å². The van der Waals surface area contributed by atoms with Crippen molar-refractivity contribution in [3.05, 3.63) is 59.2 Å². The van der Waals surface area contributed by atoms with Crippen molar-refractivity contribution in [2.24, 2.45) is 0 Å². The molecule has 2 aromatic carbocycles. The third kappa shape index (κ3) is 6.26. The molecule has 0 aromatic heterocycles. The number of carbonyl (C=O) groups excluding carboxylic acids is 2. The number of nitrogens with one attached hydrogen (secondary N) is 1. The Hall–Kier alpha value is -3.06. The van der Waals surface area contributed by atoms with Crippen molar-refractivity contribution in [3.63, 3.8) is 0 Å². The zero-order valence-electron chi connectivity index (χ0n) is 19.6. The molecule has 0 saturated heterocycles. The van der Waals surface area contributed by atoms with Gasteiger partial charge >= 0.3 is 5.97 Å². The first-order valence-corrected chi connectivity index (χ1v) is 11.3. The maximum absolute atomic E-state index is 13.1. The molecule has 1 aliphatic rings. The van der Waals surface area contributed by atoms with E-state index < -0.39 is 23.5 Å². The smallest absolute Gasteiger partial charge is 0.331 e. The number of aliphatic hydroxyl groups is 1. The summed E-state index contributed by atoms with van der Waals surface area (Å²) in [6.07, 6.45) is 2.60. The maximum atomic E-state index is 13.1. The van der Waals surface area contributed by atoms with Crippen molar-refractivity contribution in [2.75, 3.05) is 20.8 Å². The van der Waals surface area contributed by atoms with Gasteiger partial charge in [-0.05, 0) is 62.8 Å². The Morgan fingerprint density at radius 1 is 1.09 bits per heavy atom. The molecule has 7 nitrogen and oxygen atoms in total. The molecule has 2 unspecified atom stereocenters. The van der Waals surface area contributed by atoms with Crippen LogP contribution in [0.15, 0.2) is 42.5 Å². The highest BCUT2D eigenvalue weighted by atomic mass is 16.5. The van der Waals surface area contributed by atoms with E-state index in [1.165, 1.54) is 18.2 Å². The van der Waals surface area contributed by atoms with Crippen molar-refractivity contribution in [2.45, 2.75) is 57.1 Å². The third-order valence-corrected chi connectivity index (χ3v) is 6.13. The van der Waals surface area contributed by atoms with Crippen LogP contribution in [0.2, 0.25) is 0 Å². The Labute approximate surface area is 195 Å². The van der Waals surface area contributed by atoms with E-state index in [0.29, 0.717) is 55.8 Å². The number of hydrogen-bond acceptors (Lipinski definition) is 6. The van der Waals surface area contributed by atoms with Crippen LogP contribution in [0.4, 0.5) is 0 Å². The minimum Gasteiger partial charge on any atom is -0.493 e. The highest BCUT2D eigenvalue weighted by molar-refractivity contribution is 5.98. The molecule has 0 bridgehead atoms. The number of hydrogen-bond donors (Lipinski definition) is 2. The Balaban J connectivity index is 1.74. The molecular weight excluding hydrogens is 422 g/mol. The maximum Gasteiger partial charge on any atom is 0.331 e. The van der Waals surface area contributed by atoms with Gasteiger partial charge in [-0.25, -0.2) is 4.79 Å². The molecule has 7 heteroatoms. The van der Waals surface area contributed by atoms with Crippen molar-refractivity contribution in [1.29, 1.82) is 0 Å². The molecule has 1 saturated carbocycles. The zero-order chi connectivity index (χ0) is 23.8. The summed E-state index contributed by atoms with van der Waals surface area (Å²) in [4.78, 5) is 25.8. The molecule has 0 heterocycles. The first-order chi connectivity index (χ1) is 15.9. The summed E-state index contributed by atoms with van der Waals surface area (Å²) in [7, 11) is 2.86. The molecule has 1 aliphatic carbocycles. The van der Waals surface area contributed by atoms with E-state index in [-0.39, 0.29) is 0 Å². The van der Waals surface area contributed by atoms with E-state index in [9.17, 15) is 14.7 Å². The van der Waals surface area contributed by atoms with Crippen molar-refractivity contribution in [1.82, 2.24) is 5.32 Å². The van der Waals surface area contributed by atoms with Gasteiger partial charge in [0.15, 0.2) is 11.5 Å². The van der Waals surface area contributed by atoms with E-state index >= 15 is 0 Å². The second kappa shape index (κ2) is 11.2. The lowest BCUT2D eigenvalue weighted by Crippen LogP contribution is -2.54. The largest absolute Gasteiger partial charge is 0.493 e. The number of amides is 1. The van der Waals surface area contributed by atoms with Crippen LogP contribution in [0.25, 0.3) is 0 Å². The van der Waals surface area contributed by atoms with Crippen LogP contribution in [0, 0.1) is 6.92 Å². The molecule has 3 rings (SSSR count). The Morgan fingerprint density at radius 2 is 1.91 bits per heavy atom. The molecule has 0 aliphatic heterocycles. The number of aryl methyl sites for hydroxylation is 1. The van der Waals surface area contributed by atoms with Crippen LogP contribution in [-0.4, -0.2) is 49.5 Å². The normalized spacial score (nSPS) is 20.4. The van der Waals surface area contributed by atoms with Gasteiger partial charge in [0.25, 0.3) is 5.91 Å². The summed E-state index contributed by atoms with van der Waals surface area (Å²) in [6, 6.07) is 13.2. The standard InChI is InChI=1S/C26H33NO6/c1-18-6-4-7-19(16-18)12-15-33-23-17-20(9-10-22(23)31-2)24(29)27-26(25(30)32-3)13-5-8-21(28)11-14-26/h4,6-7,9-10,16-17,21,28H,5,8,11-15H2,1-3H3,(H,27,29).